The number of sulfonamides is 1. The summed E-state index contributed by atoms with van der Waals surface area (Å²) < 4.78 is 24.0. The minimum Gasteiger partial charge on any atom is -0.506 e. The van der Waals surface area contributed by atoms with Crippen LogP contribution in [0.25, 0.3) is 0 Å². The molecule has 7 nitrogen and oxygen atoms in total. The number of alkyl halides is 1. The van der Waals surface area contributed by atoms with E-state index in [4.69, 9.17) is 0 Å². The van der Waals surface area contributed by atoms with Crippen molar-refractivity contribution in [3.8, 4) is 5.75 Å². The number of halogens is 1. The maximum Gasteiger partial charge on any atom is 0.271 e. The average molecular weight is 311 g/mol. The number of phenolic OH excluding ortho intramolecular Hbond substituents is 1. The molecule has 0 heterocycles. The lowest BCUT2D eigenvalue weighted by atomic mass is 10.2. The fourth-order valence-corrected chi connectivity index (χ4v) is 1.81. The van der Waals surface area contributed by atoms with E-state index >= 15 is 0 Å². The van der Waals surface area contributed by atoms with Crippen LogP contribution in [0.5, 0.6) is 5.75 Å². The fraction of sp³-hybridized carbons (Fsp3) is 0.143. The van der Waals surface area contributed by atoms with Gasteiger partial charge in [-0.25, -0.2) is 8.42 Å². The Hall–Kier alpha value is -1.35. The Morgan fingerprint density at radius 1 is 1.50 bits per heavy atom. The molecule has 0 saturated heterocycles. The molecule has 0 amide bonds. The van der Waals surface area contributed by atoms with E-state index in [0.717, 1.165) is 18.2 Å². The van der Waals surface area contributed by atoms with E-state index in [0.29, 0.717) is 0 Å². The first-order valence-electron chi connectivity index (χ1n) is 3.89. The van der Waals surface area contributed by atoms with E-state index in [9.17, 15) is 23.6 Å². The van der Waals surface area contributed by atoms with E-state index in [1.807, 2.05) is 4.72 Å². The van der Waals surface area contributed by atoms with Crippen LogP contribution >= 0.6 is 15.9 Å². The predicted octanol–water partition coefficient (Wildman–Crippen LogP) is 1.39. The number of nitrogens with one attached hydrogen (secondary N) is 1. The summed E-state index contributed by atoms with van der Waals surface area (Å²) in [5, 5.41) is 19.7. The summed E-state index contributed by atoms with van der Waals surface area (Å²) in [5.41, 5.74) is -0.543. The predicted molar refractivity (Wildman–Crippen MR) is 61.1 cm³/mol. The summed E-state index contributed by atoms with van der Waals surface area (Å²) >= 11 is 2.73. The molecule has 0 unspecified atom stereocenters. The molecule has 1 rings (SSSR count). The number of aromatic hydroxyl groups is 1. The quantitative estimate of drug-likeness (QED) is 0.378. The van der Waals surface area contributed by atoms with Crippen molar-refractivity contribution in [3.63, 3.8) is 0 Å². The summed E-state index contributed by atoms with van der Waals surface area (Å²) in [6.07, 6.45) is 0. The number of nitro groups is 1. The van der Waals surface area contributed by atoms with Crippen LogP contribution in [0.3, 0.4) is 0 Å². The number of rotatable bonds is 4. The molecule has 16 heavy (non-hydrogen) atoms. The standard InChI is InChI=1S/C7H7BrN2O5S/c8-4-16(14,15)9-6-3-5(10(12)13)1-2-7(6)11/h1-3,9,11H,4H2. The van der Waals surface area contributed by atoms with E-state index < -0.39 is 14.9 Å². The summed E-state index contributed by atoms with van der Waals surface area (Å²) in [4.78, 5) is 9.75. The summed E-state index contributed by atoms with van der Waals surface area (Å²) in [6, 6.07) is 3.06. The normalized spacial score (nSPS) is 11.1. The van der Waals surface area contributed by atoms with Crippen LogP contribution in [-0.4, -0.2) is 23.1 Å². The maximum absolute atomic E-state index is 11.2. The van der Waals surface area contributed by atoms with Gasteiger partial charge in [0.25, 0.3) is 5.69 Å². The summed E-state index contributed by atoms with van der Waals surface area (Å²) in [7, 11) is -3.65. The number of non-ortho nitro benzene ring substituents is 1. The Kier molecular flexibility index (Phi) is 3.70. The van der Waals surface area contributed by atoms with Crippen LogP contribution in [0.1, 0.15) is 0 Å². The number of hydrogen-bond donors (Lipinski definition) is 2. The summed E-state index contributed by atoms with van der Waals surface area (Å²) in [5.74, 6) is -0.380. The number of nitrogens with zero attached hydrogens (tertiary/aromatic N) is 1. The maximum atomic E-state index is 11.2. The molecule has 0 spiro atoms. The molecular weight excluding hydrogens is 304 g/mol. The van der Waals surface area contributed by atoms with Crippen LogP contribution in [-0.2, 0) is 10.0 Å². The monoisotopic (exact) mass is 310 g/mol. The first-order chi connectivity index (χ1) is 7.35. The average Bonchev–Trinajstić information content (AvgIpc) is 2.21. The third-order valence-electron chi connectivity index (χ3n) is 1.60. The highest BCUT2D eigenvalue weighted by Gasteiger charge is 2.15. The van der Waals surface area contributed by atoms with Gasteiger partial charge in [0.1, 0.15) is 10.4 Å². The second-order valence-corrected chi connectivity index (χ2v) is 5.81. The lowest BCUT2D eigenvalue weighted by Crippen LogP contribution is -2.13. The lowest BCUT2D eigenvalue weighted by molar-refractivity contribution is -0.384. The molecule has 1 aromatic carbocycles. The van der Waals surface area contributed by atoms with Crippen molar-refractivity contribution < 1.29 is 18.4 Å². The van der Waals surface area contributed by atoms with Gasteiger partial charge in [0, 0.05) is 12.1 Å². The largest absolute Gasteiger partial charge is 0.506 e. The number of phenols is 1. The second-order valence-electron chi connectivity index (χ2n) is 2.78. The Labute approximate surface area is 99.4 Å². The molecule has 0 atom stereocenters. The number of hydrogen-bond acceptors (Lipinski definition) is 5. The van der Waals surface area contributed by atoms with Crippen LogP contribution in [0.2, 0.25) is 0 Å². The van der Waals surface area contributed by atoms with Gasteiger partial charge in [-0.1, -0.05) is 15.9 Å². The van der Waals surface area contributed by atoms with Crippen molar-refractivity contribution in [3.05, 3.63) is 28.3 Å². The van der Waals surface area contributed by atoms with Crippen LogP contribution in [0, 0.1) is 10.1 Å². The minimum atomic E-state index is -3.65. The molecule has 2 N–H and O–H groups in total. The van der Waals surface area contributed by atoms with Crippen molar-refractivity contribution in [1.29, 1.82) is 0 Å². The zero-order chi connectivity index (χ0) is 12.3. The van der Waals surface area contributed by atoms with Crippen molar-refractivity contribution in [2.75, 3.05) is 9.38 Å². The van der Waals surface area contributed by atoms with E-state index in [-0.39, 0.29) is 21.8 Å². The molecule has 0 saturated carbocycles. The highest BCUT2D eigenvalue weighted by Crippen LogP contribution is 2.28. The zero-order valence-corrected chi connectivity index (χ0v) is 10.2. The van der Waals surface area contributed by atoms with Gasteiger partial charge in [0.15, 0.2) is 0 Å². The van der Waals surface area contributed by atoms with Gasteiger partial charge in [0.2, 0.25) is 10.0 Å². The van der Waals surface area contributed by atoms with E-state index in [2.05, 4.69) is 15.9 Å². The van der Waals surface area contributed by atoms with Gasteiger partial charge in [-0.05, 0) is 6.07 Å². The highest BCUT2D eigenvalue weighted by molar-refractivity contribution is 9.10. The van der Waals surface area contributed by atoms with Gasteiger partial charge < -0.3 is 5.11 Å². The van der Waals surface area contributed by atoms with Crippen molar-refractivity contribution in [2.24, 2.45) is 0 Å². The lowest BCUT2D eigenvalue weighted by Gasteiger charge is -2.06. The molecule has 0 bridgehead atoms. The topological polar surface area (TPSA) is 110 Å². The molecule has 0 aliphatic rings. The van der Waals surface area contributed by atoms with E-state index in [1.165, 1.54) is 0 Å². The molecule has 88 valence electrons. The van der Waals surface area contributed by atoms with Gasteiger partial charge in [0.05, 0.1) is 10.6 Å². The van der Waals surface area contributed by atoms with Gasteiger partial charge in [-0.3, -0.25) is 14.8 Å². The van der Waals surface area contributed by atoms with Crippen molar-refractivity contribution in [1.82, 2.24) is 0 Å². The smallest absolute Gasteiger partial charge is 0.271 e. The Morgan fingerprint density at radius 2 is 2.12 bits per heavy atom. The van der Waals surface area contributed by atoms with Crippen molar-refractivity contribution in [2.45, 2.75) is 0 Å². The van der Waals surface area contributed by atoms with Crippen molar-refractivity contribution >= 4 is 37.3 Å². The minimum absolute atomic E-state index is 0.228. The Morgan fingerprint density at radius 3 is 2.62 bits per heavy atom. The molecular formula is C7H7BrN2O5S. The van der Waals surface area contributed by atoms with Gasteiger partial charge in [-0.2, -0.15) is 0 Å². The molecule has 0 fully saturated rings. The molecule has 0 aliphatic carbocycles. The molecule has 9 heteroatoms. The molecule has 0 radical (unpaired) electrons. The molecule has 1 aromatic rings. The Bertz CT molecular complexity index is 516. The molecule has 0 aliphatic heterocycles. The number of anilines is 1. The molecule has 0 aromatic heterocycles. The SMILES string of the molecule is O=[N+]([O-])c1ccc(O)c(NS(=O)(=O)CBr)c1. The van der Waals surface area contributed by atoms with E-state index in [1.54, 1.807) is 0 Å². The highest BCUT2D eigenvalue weighted by atomic mass is 79.9. The van der Waals surface area contributed by atoms with Crippen LogP contribution in [0.15, 0.2) is 18.2 Å². The van der Waals surface area contributed by atoms with Gasteiger partial charge >= 0.3 is 0 Å². The first-order valence-corrected chi connectivity index (χ1v) is 6.67. The third kappa shape index (κ3) is 3.07. The van der Waals surface area contributed by atoms with Crippen LogP contribution in [0.4, 0.5) is 11.4 Å². The Balaban J connectivity index is 3.13. The zero-order valence-electron chi connectivity index (χ0n) is 7.75. The fourth-order valence-electron chi connectivity index (χ4n) is 0.914. The van der Waals surface area contributed by atoms with Gasteiger partial charge in [-0.15, -0.1) is 0 Å². The number of benzene rings is 1. The second kappa shape index (κ2) is 4.66. The number of nitro benzene ring substituents is 1. The third-order valence-corrected chi connectivity index (χ3v) is 4.23. The first kappa shape index (κ1) is 12.7. The summed E-state index contributed by atoms with van der Waals surface area (Å²) in [6.45, 7) is 0. The van der Waals surface area contributed by atoms with Crippen LogP contribution < -0.4 is 4.72 Å².